The summed E-state index contributed by atoms with van der Waals surface area (Å²) in [7, 11) is -3.66. The number of hydrogen-bond donors (Lipinski definition) is 2. The third-order valence-electron chi connectivity index (χ3n) is 2.47. The molecule has 0 unspecified atom stereocenters. The van der Waals surface area contributed by atoms with E-state index in [1.54, 1.807) is 12.1 Å². The van der Waals surface area contributed by atoms with Crippen LogP contribution in [0.5, 0.6) is 0 Å². The summed E-state index contributed by atoms with van der Waals surface area (Å²) in [5, 5.41) is 15.6. The molecule has 1 heterocycles. The molecular formula is C11H13ClN4O3S. The molecule has 0 bridgehead atoms. The van der Waals surface area contributed by atoms with Crippen molar-refractivity contribution in [3.63, 3.8) is 0 Å². The molecule has 1 aromatic heterocycles. The van der Waals surface area contributed by atoms with Gasteiger partial charge in [0.25, 0.3) is 0 Å². The summed E-state index contributed by atoms with van der Waals surface area (Å²) in [6.45, 7) is 0.424. The monoisotopic (exact) mass is 316 g/mol. The Kier molecular flexibility index (Phi) is 4.58. The second-order valence-electron chi connectivity index (χ2n) is 3.98. The van der Waals surface area contributed by atoms with Crippen molar-refractivity contribution in [3.8, 4) is 0 Å². The first kappa shape index (κ1) is 14.8. The average Bonchev–Trinajstić information content (AvgIpc) is 2.84. The maximum atomic E-state index is 11.1. The topological polar surface area (TPSA) is 111 Å². The van der Waals surface area contributed by atoms with Crippen molar-refractivity contribution in [3.05, 3.63) is 35.7 Å². The van der Waals surface area contributed by atoms with Crippen LogP contribution < -0.4 is 10.5 Å². The van der Waals surface area contributed by atoms with Crippen molar-refractivity contribution in [1.82, 2.24) is 10.2 Å². The lowest BCUT2D eigenvalue weighted by Gasteiger charge is -2.03. The van der Waals surface area contributed by atoms with Gasteiger partial charge in [-0.3, -0.25) is 0 Å². The van der Waals surface area contributed by atoms with Gasteiger partial charge >= 0.3 is 6.01 Å². The predicted octanol–water partition coefficient (Wildman–Crippen LogP) is 1.11. The number of alkyl halides is 1. The number of aryl methyl sites for hydroxylation is 1. The van der Waals surface area contributed by atoms with Gasteiger partial charge in [-0.25, -0.2) is 13.6 Å². The lowest BCUT2D eigenvalue weighted by atomic mass is 10.2. The average molecular weight is 317 g/mol. The minimum absolute atomic E-state index is 0.0726. The first-order chi connectivity index (χ1) is 9.49. The number of halogens is 1. The molecule has 0 fully saturated rings. The van der Waals surface area contributed by atoms with E-state index in [0.29, 0.717) is 30.8 Å². The minimum Gasteiger partial charge on any atom is -0.408 e. The quantitative estimate of drug-likeness (QED) is 0.772. The second-order valence-corrected chi connectivity index (χ2v) is 5.92. The minimum atomic E-state index is -3.66. The van der Waals surface area contributed by atoms with E-state index in [4.69, 9.17) is 21.2 Å². The van der Waals surface area contributed by atoms with Crippen molar-refractivity contribution in [1.29, 1.82) is 0 Å². The van der Waals surface area contributed by atoms with Gasteiger partial charge in [-0.15, -0.1) is 16.7 Å². The Labute approximate surface area is 121 Å². The zero-order valence-electron chi connectivity index (χ0n) is 10.4. The van der Waals surface area contributed by atoms with Gasteiger partial charge in [-0.2, -0.15) is 0 Å². The lowest BCUT2D eigenvalue weighted by Crippen LogP contribution is -2.12. The highest BCUT2D eigenvalue weighted by atomic mass is 35.5. The highest BCUT2D eigenvalue weighted by Crippen LogP contribution is 2.11. The fourth-order valence-corrected chi connectivity index (χ4v) is 2.16. The van der Waals surface area contributed by atoms with E-state index in [1.165, 1.54) is 12.1 Å². The largest absolute Gasteiger partial charge is 0.408 e. The Morgan fingerprint density at radius 2 is 1.95 bits per heavy atom. The van der Waals surface area contributed by atoms with Gasteiger partial charge in [0.05, 0.1) is 4.90 Å². The number of nitrogens with one attached hydrogen (secondary N) is 1. The first-order valence-corrected chi connectivity index (χ1v) is 7.81. The molecule has 7 nitrogen and oxygen atoms in total. The summed E-state index contributed by atoms with van der Waals surface area (Å²) in [6, 6.07) is 6.49. The Bertz CT molecular complexity index is 669. The number of hydrogen-bond acceptors (Lipinski definition) is 6. The Morgan fingerprint density at radius 3 is 2.55 bits per heavy atom. The van der Waals surface area contributed by atoms with Crippen LogP contribution in [0.2, 0.25) is 0 Å². The Balaban J connectivity index is 1.96. The molecule has 0 atom stereocenters. The second kappa shape index (κ2) is 6.21. The van der Waals surface area contributed by atoms with Gasteiger partial charge in [0.15, 0.2) is 0 Å². The van der Waals surface area contributed by atoms with Crippen LogP contribution in [-0.4, -0.2) is 24.5 Å². The predicted molar refractivity (Wildman–Crippen MR) is 73.9 cm³/mol. The summed E-state index contributed by atoms with van der Waals surface area (Å²) >= 11 is 5.56. The lowest BCUT2D eigenvalue weighted by molar-refractivity contribution is 0.512. The van der Waals surface area contributed by atoms with Crippen LogP contribution in [0.3, 0.4) is 0 Å². The molecule has 1 aromatic carbocycles. The molecule has 20 heavy (non-hydrogen) atoms. The molecule has 3 N–H and O–H groups in total. The number of aromatic nitrogens is 2. The van der Waals surface area contributed by atoms with Crippen molar-refractivity contribution < 1.29 is 12.8 Å². The molecule has 0 spiro atoms. The molecular weight excluding hydrogens is 304 g/mol. The summed E-state index contributed by atoms with van der Waals surface area (Å²) < 4.78 is 27.5. The van der Waals surface area contributed by atoms with Crippen LogP contribution in [0.25, 0.3) is 0 Å². The van der Waals surface area contributed by atoms with E-state index >= 15 is 0 Å². The smallest absolute Gasteiger partial charge is 0.315 e. The third kappa shape index (κ3) is 3.92. The molecule has 0 amide bonds. The van der Waals surface area contributed by atoms with Crippen LogP contribution in [0, 0.1) is 0 Å². The molecule has 0 saturated heterocycles. The highest BCUT2D eigenvalue weighted by molar-refractivity contribution is 7.89. The number of benzene rings is 1. The normalized spacial score (nSPS) is 11.5. The number of anilines is 1. The number of primary sulfonamides is 1. The summed E-state index contributed by atoms with van der Waals surface area (Å²) in [5.74, 6) is 0.878. The van der Waals surface area contributed by atoms with E-state index in [9.17, 15) is 8.42 Å². The van der Waals surface area contributed by atoms with Crippen LogP contribution in [0.15, 0.2) is 33.6 Å². The number of rotatable bonds is 6. The van der Waals surface area contributed by atoms with Gasteiger partial charge in [0.2, 0.25) is 15.9 Å². The van der Waals surface area contributed by atoms with Crippen molar-refractivity contribution >= 4 is 27.6 Å². The number of nitrogens with zero attached hydrogens (tertiary/aromatic N) is 2. The molecule has 2 rings (SSSR count). The Morgan fingerprint density at radius 1 is 1.25 bits per heavy atom. The van der Waals surface area contributed by atoms with E-state index in [1.807, 2.05) is 0 Å². The van der Waals surface area contributed by atoms with Gasteiger partial charge in [0, 0.05) is 18.8 Å². The summed E-state index contributed by atoms with van der Waals surface area (Å²) in [6.07, 6.45) is 0.513. The van der Waals surface area contributed by atoms with Crippen LogP contribution >= 0.6 is 11.6 Å². The zero-order valence-corrected chi connectivity index (χ0v) is 12.0. The molecule has 0 aliphatic heterocycles. The summed E-state index contributed by atoms with van der Waals surface area (Å²) in [5.41, 5.74) is 0.856. The van der Waals surface area contributed by atoms with E-state index in [0.717, 1.165) is 5.56 Å². The van der Waals surface area contributed by atoms with Gasteiger partial charge in [0.1, 0.15) is 0 Å². The molecule has 0 radical (unpaired) electrons. The maximum Gasteiger partial charge on any atom is 0.315 e. The van der Waals surface area contributed by atoms with Crippen LogP contribution in [-0.2, 0) is 23.0 Å². The van der Waals surface area contributed by atoms with Crippen LogP contribution in [0.1, 0.15) is 11.5 Å². The fraction of sp³-hybridized carbons (Fsp3) is 0.273. The van der Waals surface area contributed by atoms with Crippen molar-refractivity contribution in [2.24, 2.45) is 5.14 Å². The van der Waals surface area contributed by atoms with Gasteiger partial charge in [-0.1, -0.05) is 17.2 Å². The Hall–Kier alpha value is -1.64. The molecule has 2 aromatic rings. The zero-order chi connectivity index (χ0) is 14.6. The molecule has 0 saturated carbocycles. The number of nitrogens with two attached hydrogens (primary N) is 1. The molecule has 9 heteroatoms. The van der Waals surface area contributed by atoms with Gasteiger partial charge in [-0.05, 0) is 17.7 Å². The fourth-order valence-electron chi connectivity index (χ4n) is 1.48. The summed E-state index contributed by atoms with van der Waals surface area (Å²) in [4.78, 5) is 0.0726. The van der Waals surface area contributed by atoms with E-state index in [2.05, 4.69) is 15.5 Å². The maximum absolute atomic E-state index is 11.1. The highest BCUT2D eigenvalue weighted by Gasteiger charge is 2.08. The first-order valence-electron chi connectivity index (χ1n) is 5.73. The van der Waals surface area contributed by atoms with Crippen molar-refractivity contribution in [2.75, 3.05) is 11.2 Å². The standard InChI is InChI=1S/C11H13ClN4O3S/c12-6-5-10-15-16-11(19-10)14-7-8-1-3-9(4-2-8)20(13,17)18/h1-4H,5-7H2,(H,14,16)(H2,13,17,18). The SMILES string of the molecule is NS(=O)(=O)c1ccc(CNc2nnc(CCCl)o2)cc1. The molecule has 0 aliphatic carbocycles. The molecule has 0 aliphatic rings. The van der Waals surface area contributed by atoms with E-state index in [-0.39, 0.29) is 4.90 Å². The third-order valence-corrected chi connectivity index (χ3v) is 3.59. The van der Waals surface area contributed by atoms with Crippen molar-refractivity contribution in [2.45, 2.75) is 17.9 Å². The van der Waals surface area contributed by atoms with E-state index < -0.39 is 10.0 Å². The molecule has 108 valence electrons. The number of sulfonamides is 1. The van der Waals surface area contributed by atoms with Crippen LogP contribution in [0.4, 0.5) is 6.01 Å². The van der Waals surface area contributed by atoms with Gasteiger partial charge < -0.3 is 9.73 Å².